The zero-order valence-electron chi connectivity index (χ0n) is 8.84. The van der Waals surface area contributed by atoms with Crippen LogP contribution in [0.3, 0.4) is 0 Å². The Labute approximate surface area is 94.8 Å². The van der Waals surface area contributed by atoms with Gasteiger partial charge in [0.15, 0.2) is 11.2 Å². The maximum absolute atomic E-state index is 11.5. The summed E-state index contributed by atoms with van der Waals surface area (Å²) in [6.45, 7) is 1.30. The van der Waals surface area contributed by atoms with Gasteiger partial charge in [0.25, 0.3) is 11.5 Å². The average molecular weight is 235 g/mol. The lowest BCUT2D eigenvalue weighted by Gasteiger charge is -2.05. The second kappa shape index (κ2) is 4.26. The second-order valence-corrected chi connectivity index (χ2v) is 3.31. The number of fused-ring (bicyclic) bond motifs is 1. The van der Waals surface area contributed by atoms with Crippen LogP contribution in [0.25, 0.3) is 11.2 Å². The number of rotatable bonds is 2. The molecule has 88 valence electrons. The number of carbonyl (C=O) groups excluding carboxylic acids is 1. The van der Waals surface area contributed by atoms with E-state index in [0.717, 1.165) is 0 Å². The van der Waals surface area contributed by atoms with E-state index in [9.17, 15) is 9.59 Å². The number of nitrogens with one attached hydrogen (secondary N) is 2. The fourth-order valence-electron chi connectivity index (χ4n) is 1.15. The number of anilines is 1. The molecular weight excluding hydrogens is 226 g/mol. The van der Waals surface area contributed by atoms with Crippen LogP contribution in [0.4, 0.5) is 5.95 Å². The third kappa shape index (κ3) is 2.26. The highest BCUT2D eigenvalue weighted by atomic mass is 16.3. The molecule has 2 rings (SSSR count). The summed E-state index contributed by atoms with van der Waals surface area (Å²) < 4.78 is 0. The molecule has 3 N–H and O–H groups in total. The summed E-state index contributed by atoms with van der Waals surface area (Å²) in [5.41, 5.74) is -0.302. The molecule has 0 aliphatic carbocycles. The van der Waals surface area contributed by atoms with Crippen LogP contribution < -0.4 is 10.9 Å². The van der Waals surface area contributed by atoms with E-state index < -0.39 is 17.6 Å². The Morgan fingerprint density at radius 3 is 2.88 bits per heavy atom. The lowest BCUT2D eigenvalue weighted by Crippen LogP contribution is -2.27. The molecule has 17 heavy (non-hydrogen) atoms. The summed E-state index contributed by atoms with van der Waals surface area (Å²) in [5, 5.41) is 11.3. The number of H-pyrrole nitrogens is 1. The predicted molar refractivity (Wildman–Crippen MR) is 58.3 cm³/mol. The number of aliphatic hydroxyl groups is 1. The van der Waals surface area contributed by atoms with E-state index in [2.05, 4.69) is 25.3 Å². The first-order chi connectivity index (χ1) is 8.08. The predicted octanol–water partition coefficient (Wildman–Crippen LogP) is -0.968. The first-order valence-corrected chi connectivity index (χ1v) is 4.78. The van der Waals surface area contributed by atoms with Crippen LogP contribution in [0.15, 0.2) is 17.2 Å². The van der Waals surface area contributed by atoms with Crippen molar-refractivity contribution in [2.24, 2.45) is 0 Å². The van der Waals surface area contributed by atoms with E-state index in [4.69, 9.17) is 5.11 Å². The molecule has 0 saturated carbocycles. The normalized spacial score (nSPS) is 12.4. The molecular formula is C9H9N5O3. The van der Waals surface area contributed by atoms with E-state index in [0.29, 0.717) is 0 Å². The average Bonchev–Trinajstić information content (AvgIpc) is 2.29. The van der Waals surface area contributed by atoms with Gasteiger partial charge < -0.3 is 5.11 Å². The van der Waals surface area contributed by atoms with E-state index in [-0.39, 0.29) is 17.1 Å². The quantitative estimate of drug-likeness (QED) is 0.616. The highest BCUT2D eigenvalue weighted by molar-refractivity contribution is 5.92. The topological polar surface area (TPSA) is 121 Å². The van der Waals surface area contributed by atoms with Gasteiger partial charge in [-0.3, -0.25) is 19.9 Å². The minimum atomic E-state index is -1.20. The first kappa shape index (κ1) is 11.1. The summed E-state index contributed by atoms with van der Waals surface area (Å²) in [4.78, 5) is 36.6. The summed E-state index contributed by atoms with van der Waals surface area (Å²) in [6.07, 6.45) is 1.56. The summed E-state index contributed by atoms with van der Waals surface area (Å²) in [7, 11) is 0. The van der Waals surface area contributed by atoms with Crippen LogP contribution in [-0.2, 0) is 4.79 Å². The largest absolute Gasteiger partial charge is 0.384 e. The maximum Gasteiger partial charge on any atom is 0.280 e. The van der Waals surface area contributed by atoms with Gasteiger partial charge in [0.05, 0.1) is 0 Å². The van der Waals surface area contributed by atoms with E-state index >= 15 is 0 Å². The number of aromatic nitrogens is 4. The van der Waals surface area contributed by atoms with Gasteiger partial charge in [-0.25, -0.2) is 9.97 Å². The van der Waals surface area contributed by atoms with Gasteiger partial charge in [0.2, 0.25) is 5.95 Å². The molecule has 0 saturated heterocycles. The number of aromatic amines is 1. The van der Waals surface area contributed by atoms with Crippen molar-refractivity contribution < 1.29 is 9.90 Å². The molecule has 0 spiro atoms. The number of aliphatic hydroxyl groups excluding tert-OH is 1. The number of hydrogen-bond acceptors (Lipinski definition) is 6. The zero-order chi connectivity index (χ0) is 12.4. The van der Waals surface area contributed by atoms with Crippen LogP contribution in [-0.4, -0.2) is 37.1 Å². The van der Waals surface area contributed by atoms with Crippen LogP contribution in [0, 0.1) is 0 Å². The van der Waals surface area contributed by atoms with Crippen molar-refractivity contribution >= 4 is 23.0 Å². The van der Waals surface area contributed by atoms with Gasteiger partial charge in [-0.05, 0) is 6.92 Å². The van der Waals surface area contributed by atoms with Crippen molar-refractivity contribution in [2.75, 3.05) is 5.32 Å². The lowest BCUT2D eigenvalue weighted by atomic mass is 10.4. The smallest absolute Gasteiger partial charge is 0.280 e. The van der Waals surface area contributed by atoms with Gasteiger partial charge in [-0.15, -0.1) is 0 Å². The van der Waals surface area contributed by atoms with Gasteiger partial charge >= 0.3 is 0 Å². The molecule has 0 aliphatic heterocycles. The molecule has 1 atom stereocenters. The summed E-state index contributed by atoms with van der Waals surface area (Å²) in [5.74, 6) is -0.745. The number of amides is 1. The van der Waals surface area contributed by atoms with Crippen molar-refractivity contribution in [2.45, 2.75) is 13.0 Å². The second-order valence-electron chi connectivity index (χ2n) is 3.31. The fraction of sp³-hybridized carbons (Fsp3) is 0.222. The molecule has 8 heteroatoms. The Balaban J connectivity index is 2.44. The minimum Gasteiger partial charge on any atom is -0.384 e. The highest BCUT2D eigenvalue weighted by Crippen LogP contribution is 2.02. The van der Waals surface area contributed by atoms with Crippen molar-refractivity contribution in [3.8, 4) is 0 Å². The Bertz CT molecular complexity index is 621. The monoisotopic (exact) mass is 235 g/mol. The molecule has 8 nitrogen and oxygen atoms in total. The maximum atomic E-state index is 11.5. The first-order valence-electron chi connectivity index (χ1n) is 4.78. The van der Waals surface area contributed by atoms with Crippen LogP contribution in [0.1, 0.15) is 6.92 Å². The van der Waals surface area contributed by atoms with Crippen molar-refractivity contribution in [3.63, 3.8) is 0 Å². The molecule has 0 unspecified atom stereocenters. The van der Waals surface area contributed by atoms with Crippen molar-refractivity contribution in [3.05, 3.63) is 22.7 Å². The summed E-state index contributed by atoms with van der Waals surface area (Å²) in [6, 6.07) is 0. The molecule has 1 amide bonds. The lowest BCUT2D eigenvalue weighted by molar-refractivity contribution is -0.123. The van der Waals surface area contributed by atoms with E-state index in [1.165, 1.54) is 19.3 Å². The van der Waals surface area contributed by atoms with Crippen molar-refractivity contribution in [1.29, 1.82) is 0 Å². The molecule has 0 aliphatic rings. The molecule has 0 fully saturated rings. The Morgan fingerprint density at radius 1 is 1.47 bits per heavy atom. The molecule has 2 aromatic heterocycles. The zero-order valence-corrected chi connectivity index (χ0v) is 8.84. The fourth-order valence-corrected chi connectivity index (χ4v) is 1.15. The standard InChI is InChI=1S/C9H9N5O3/c1-4(15)7(16)13-9-12-6-5(8(17)14-9)10-2-3-11-6/h2-4,15H,1H3,(H2,11,12,13,14,16,17)/t4-/m0/s1. The van der Waals surface area contributed by atoms with E-state index in [1.807, 2.05) is 0 Å². The molecule has 0 radical (unpaired) electrons. The van der Waals surface area contributed by atoms with Crippen LogP contribution >= 0.6 is 0 Å². The van der Waals surface area contributed by atoms with Crippen LogP contribution in [0.2, 0.25) is 0 Å². The molecule has 0 aromatic carbocycles. The molecule has 2 aromatic rings. The van der Waals surface area contributed by atoms with Crippen molar-refractivity contribution in [1.82, 2.24) is 19.9 Å². The Morgan fingerprint density at radius 2 is 2.18 bits per heavy atom. The van der Waals surface area contributed by atoms with Gasteiger partial charge in [0.1, 0.15) is 6.10 Å². The van der Waals surface area contributed by atoms with Gasteiger partial charge in [0, 0.05) is 12.4 Å². The highest BCUT2D eigenvalue weighted by Gasteiger charge is 2.12. The van der Waals surface area contributed by atoms with Gasteiger partial charge in [-0.1, -0.05) is 0 Å². The third-order valence-electron chi connectivity index (χ3n) is 1.96. The minimum absolute atomic E-state index is 0.0751. The number of hydrogen-bond donors (Lipinski definition) is 3. The number of carbonyl (C=O) groups is 1. The third-order valence-corrected chi connectivity index (χ3v) is 1.96. The molecule has 0 bridgehead atoms. The Hall–Kier alpha value is -2.35. The molecule has 2 heterocycles. The Kier molecular flexibility index (Phi) is 2.79. The van der Waals surface area contributed by atoms with Crippen LogP contribution in [0.5, 0.6) is 0 Å². The SMILES string of the molecule is C[C@H](O)C(=O)Nc1nc2nccnc2c(=O)[nH]1. The van der Waals surface area contributed by atoms with Gasteiger partial charge in [-0.2, -0.15) is 4.98 Å². The number of nitrogens with zero attached hydrogens (tertiary/aromatic N) is 3. The van der Waals surface area contributed by atoms with E-state index in [1.54, 1.807) is 0 Å². The summed E-state index contributed by atoms with van der Waals surface area (Å²) >= 11 is 0.